The molecular weight excluding hydrogens is 476 g/mol. The number of imidazole rings is 1. The van der Waals surface area contributed by atoms with E-state index >= 15 is 0 Å². The average Bonchev–Trinajstić information content (AvgIpc) is 3.51. The van der Waals surface area contributed by atoms with Crippen molar-refractivity contribution in [2.45, 2.75) is 5.22 Å². The quantitative estimate of drug-likeness (QED) is 0.297. The highest BCUT2D eigenvalue weighted by atomic mass is 32.2. The second-order valence-electron chi connectivity index (χ2n) is 7.38. The summed E-state index contributed by atoms with van der Waals surface area (Å²) in [7, 11) is 1.58. The van der Waals surface area contributed by atoms with Crippen LogP contribution in [0.15, 0.2) is 70.3 Å². The van der Waals surface area contributed by atoms with Gasteiger partial charge in [0, 0.05) is 11.3 Å². The first-order chi connectivity index (χ1) is 17.0. The number of anilines is 1. The van der Waals surface area contributed by atoms with Crippen LogP contribution >= 0.6 is 11.8 Å². The summed E-state index contributed by atoms with van der Waals surface area (Å²) in [4.78, 5) is 19.7. The summed E-state index contributed by atoms with van der Waals surface area (Å²) in [5, 5.41) is 11.0. The monoisotopic (exact) mass is 493 g/mol. The molecule has 0 saturated heterocycles. The molecule has 0 unspecified atom stereocenters. The van der Waals surface area contributed by atoms with Gasteiger partial charge in [0.25, 0.3) is 5.22 Å². The highest BCUT2D eigenvalue weighted by Gasteiger charge is 2.14. The van der Waals surface area contributed by atoms with E-state index in [0.29, 0.717) is 28.4 Å². The molecule has 8 nitrogen and oxygen atoms in total. The number of H-pyrrole nitrogens is 1. The van der Waals surface area contributed by atoms with Crippen LogP contribution in [0.2, 0.25) is 0 Å². The van der Waals surface area contributed by atoms with Gasteiger partial charge >= 0.3 is 0 Å². The van der Waals surface area contributed by atoms with E-state index in [1.54, 1.807) is 49.6 Å². The van der Waals surface area contributed by atoms with E-state index in [1.165, 1.54) is 0 Å². The van der Waals surface area contributed by atoms with Gasteiger partial charge in [-0.2, -0.15) is 0 Å². The molecule has 0 aliphatic carbocycles. The van der Waals surface area contributed by atoms with Crippen LogP contribution in [-0.2, 0) is 4.79 Å². The summed E-state index contributed by atoms with van der Waals surface area (Å²) in [5.74, 6) is -0.146. The normalized spacial score (nSPS) is 11.1. The van der Waals surface area contributed by atoms with Crippen molar-refractivity contribution in [3.8, 4) is 28.6 Å². The summed E-state index contributed by atoms with van der Waals surface area (Å²) < 4.78 is 38.4. The van der Waals surface area contributed by atoms with Crippen molar-refractivity contribution in [3.63, 3.8) is 0 Å². The van der Waals surface area contributed by atoms with Gasteiger partial charge in [0.1, 0.15) is 23.2 Å². The minimum absolute atomic E-state index is 0.0248. The number of hydrogen-bond acceptors (Lipinski definition) is 7. The van der Waals surface area contributed by atoms with Gasteiger partial charge in [-0.15, -0.1) is 10.2 Å². The highest BCUT2D eigenvalue weighted by molar-refractivity contribution is 7.99. The first-order valence-corrected chi connectivity index (χ1v) is 11.3. The van der Waals surface area contributed by atoms with E-state index in [-0.39, 0.29) is 28.3 Å². The lowest BCUT2D eigenvalue weighted by Crippen LogP contribution is -2.13. The van der Waals surface area contributed by atoms with Gasteiger partial charge in [-0.3, -0.25) is 4.79 Å². The Bertz CT molecular complexity index is 1520. The third-order valence-corrected chi connectivity index (χ3v) is 5.84. The van der Waals surface area contributed by atoms with Gasteiger partial charge in [-0.25, -0.2) is 13.8 Å². The molecule has 0 fully saturated rings. The van der Waals surface area contributed by atoms with Gasteiger partial charge in [-0.1, -0.05) is 11.8 Å². The van der Waals surface area contributed by atoms with Gasteiger partial charge in [0.05, 0.1) is 29.5 Å². The smallest absolute Gasteiger partial charge is 0.277 e. The van der Waals surface area contributed by atoms with Crippen LogP contribution in [0.25, 0.3) is 33.9 Å². The number of aromatic nitrogens is 4. The zero-order valence-electron chi connectivity index (χ0n) is 18.2. The van der Waals surface area contributed by atoms with Gasteiger partial charge in [0.15, 0.2) is 0 Å². The van der Waals surface area contributed by atoms with Crippen molar-refractivity contribution in [1.82, 2.24) is 20.2 Å². The second kappa shape index (κ2) is 9.55. The number of ether oxygens (including phenoxy) is 1. The molecule has 2 heterocycles. The Labute approximate surface area is 201 Å². The van der Waals surface area contributed by atoms with Crippen molar-refractivity contribution >= 4 is 34.4 Å². The number of nitrogens with zero attached hydrogens (tertiary/aromatic N) is 3. The number of rotatable bonds is 7. The maximum atomic E-state index is 14.1. The number of fused-ring (bicyclic) bond motifs is 1. The first kappa shape index (κ1) is 22.5. The maximum Gasteiger partial charge on any atom is 0.277 e. The van der Waals surface area contributed by atoms with Crippen LogP contribution in [0, 0.1) is 11.6 Å². The van der Waals surface area contributed by atoms with E-state index in [4.69, 9.17) is 9.15 Å². The Morgan fingerprint density at radius 3 is 2.71 bits per heavy atom. The molecule has 5 aromatic rings. The molecule has 0 aliphatic rings. The first-order valence-electron chi connectivity index (χ1n) is 10.3. The number of carbonyl (C=O) groups is 1. The van der Waals surface area contributed by atoms with Crippen molar-refractivity contribution in [1.29, 1.82) is 0 Å². The van der Waals surface area contributed by atoms with Crippen LogP contribution in [0.3, 0.4) is 0 Å². The van der Waals surface area contributed by atoms with E-state index < -0.39 is 11.6 Å². The van der Waals surface area contributed by atoms with Crippen LogP contribution in [0.4, 0.5) is 14.5 Å². The van der Waals surface area contributed by atoms with Crippen molar-refractivity contribution in [2.24, 2.45) is 0 Å². The fourth-order valence-electron chi connectivity index (χ4n) is 3.34. The Kier molecular flexibility index (Phi) is 6.15. The molecule has 2 N–H and O–H groups in total. The maximum absolute atomic E-state index is 14.1. The summed E-state index contributed by atoms with van der Waals surface area (Å²) in [6.45, 7) is 0. The van der Waals surface area contributed by atoms with Gasteiger partial charge in [0.2, 0.25) is 11.8 Å². The standard InChI is InChI=1S/C24H17F2N5O3S/c1-33-16-6-2-13(3-7-16)23-30-31-24(34-23)35-12-21(32)27-15-5-9-19-20(11-15)29-22(28-19)17-10-14(25)4-8-18(17)26/h2-11H,12H2,1H3,(H,27,32)(H,28,29). The van der Waals surface area contributed by atoms with Crippen LogP contribution in [0.1, 0.15) is 0 Å². The molecule has 1 amide bonds. The minimum Gasteiger partial charge on any atom is -0.497 e. The molecule has 2 aromatic heterocycles. The fraction of sp³-hybridized carbons (Fsp3) is 0.0833. The number of nitrogens with one attached hydrogen (secondary N) is 2. The largest absolute Gasteiger partial charge is 0.497 e. The van der Waals surface area contributed by atoms with E-state index in [9.17, 15) is 13.6 Å². The van der Waals surface area contributed by atoms with Crippen LogP contribution < -0.4 is 10.1 Å². The number of amides is 1. The molecule has 5 rings (SSSR count). The van der Waals surface area contributed by atoms with Crippen LogP contribution in [0.5, 0.6) is 5.75 Å². The molecule has 0 atom stereocenters. The van der Waals surface area contributed by atoms with E-state index in [1.807, 2.05) is 0 Å². The molecule has 176 valence electrons. The Balaban J connectivity index is 1.23. The summed E-state index contributed by atoms with van der Waals surface area (Å²) >= 11 is 1.10. The lowest BCUT2D eigenvalue weighted by molar-refractivity contribution is -0.113. The third-order valence-electron chi connectivity index (χ3n) is 5.02. The number of halogens is 2. The molecule has 3 aromatic carbocycles. The lowest BCUT2D eigenvalue weighted by Gasteiger charge is -2.03. The number of thioether (sulfide) groups is 1. The predicted molar refractivity (Wildman–Crippen MR) is 127 cm³/mol. The average molecular weight is 493 g/mol. The topological polar surface area (TPSA) is 106 Å². The minimum atomic E-state index is -0.591. The Morgan fingerprint density at radius 2 is 1.91 bits per heavy atom. The number of aromatic amines is 1. The molecule has 11 heteroatoms. The van der Waals surface area contributed by atoms with E-state index in [0.717, 1.165) is 35.5 Å². The van der Waals surface area contributed by atoms with Crippen LogP contribution in [-0.4, -0.2) is 38.9 Å². The lowest BCUT2D eigenvalue weighted by atomic mass is 10.2. The van der Waals surface area contributed by atoms with Crippen molar-refractivity contribution < 1.29 is 22.7 Å². The second-order valence-corrected chi connectivity index (χ2v) is 8.31. The number of carbonyl (C=O) groups excluding carboxylic acids is 1. The molecule has 35 heavy (non-hydrogen) atoms. The molecule has 0 saturated carbocycles. The number of hydrogen-bond donors (Lipinski definition) is 2. The molecule has 0 aliphatic heterocycles. The van der Waals surface area contributed by atoms with E-state index in [2.05, 4.69) is 25.5 Å². The highest BCUT2D eigenvalue weighted by Crippen LogP contribution is 2.27. The summed E-state index contributed by atoms with van der Waals surface area (Å²) in [5.41, 5.74) is 2.39. The molecular formula is C24H17F2N5O3S. The summed E-state index contributed by atoms with van der Waals surface area (Å²) in [6.07, 6.45) is 0. The van der Waals surface area contributed by atoms with Crippen molar-refractivity contribution in [2.75, 3.05) is 18.2 Å². The van der Waals surface area contributed by atoms with Gasteiger partial charge in [-0.05, 0) is 60.7 Å². The Hall–Kier alpha value is -4.25. The zero-order valence-corrected chi connectivity index (χ0v) is 19.0. The molecule has 0 spiro atoms. The van der Waals surface area contributed by atoms with Gasteiger partial charge < -0.3 is 19.5 Å². The third kappa shape index (κ3) is 4.99. The number of methoxy groups -OCH3 is 1. The zero-order chi connectivity index (χ0) is 24.4. The fourth-order valence-corrected chi connectivity index (χ4v) is 3.90. The molecule has 0 bridgehead atoms. The molecule has 0 radical (unpaired) electrons. The SMILES string of the molecule is COc1ccc(-c2nnc(SCC(=O)Nc3ccc4nc(-c5cc(F)ccc5F)[nH]c4c3)o2)cc1. The number of benzene rings is 3. The Morgan fingerprint density at radius 1 is 1.09 bits per heavy atom. The van der Waals surface area contributed by atoms with Crippen molar-refractivity contribution in [3.05, 3.63) is 72.3 Å². The summed E-state index contributed by atoms with van der Waals surface area (Å²) in [6, 6.07) is 15.3. The predicted octanol–water partition coefficient (Wildman–Crippen LogP) is 5.30.